The SMILES string of the molecule is Cc1cc(=O)oc2cc(Nc3c(Nc4ccc(N5CCOCC5)cc4)c(=O)c3=O)ccc12. The first-order valence-corrected chi connectivity index (χ1v) is 10.3. The molecule has 0 amide bonds. The molecule has 2 N–H and O–H groups in total. The van der Waals surface area contributed by atoms with Gasteiger partial charge in [-0.2, -0.15) is 0 Å². The molecule has 2 heterocycles. The number of nitrogens with one attached hydrogen (secondary N) is 2. The van der Waals surface area contributed by atoms with Gasteiger partial charge in [-0.3, -0.25) is 9.59 Å². The average molecular weight is 431 g/mol. The molecule has 0 saturated carbocycles. The van der Waals surface area contributed by atoms with Crippen molar-refractivity contribution >= 4 is 39.4 Å². The highest BCUT2D eigenvalue weighted by Crippen LogP contribution is 2.28. The summed E-state index contributed by atoms with van der Waals surface area (Å²) in [5, 5.41) is 6.83. The molecule has 8 heteroatoms. The first-order valence-electron chi connectivity index (χ1n) is 10.3. The van der Waals surface area contributed by atoms with Crippen molar-refractivity contribution in [3.8, 4) is 0 Å². The van der Waals surface area contributed by atoms with Crippen LogP contribution >= 0.6 is 0 Å². The lowest BCUT2D eigenvalue weighted by Crippen LogP contribution is -2.36. The van der Waals surface area contributed by atoms with Gasteiger partial charge in [0.1, 0.15) is 17.0 Å². The summed E-state index contributed by atoms with van der Waals surface area (Å²) in [4.78, 5) is 38.3. The molecule has 0 atom stereocenters. The Balaban J connectivity index is 1.37. The lowest BCUT2D eigenvalue weighted by molar-refractivity contribution is 0.122. The molecule has 0 aliphatic carbocycles. The minimum absolute atomic E-state index is 0.182. The van der Waals surface area contributed by atoms with Crippen molar-refractivity contribution in [1.29, 1.82) is 0 Å². The monoisotopic (exact) mass is 431 g/mol. The molecule has 1 fully saturated rings. The van der Waals surface area contributed by atoms with Gasteiger partial charge < -0.3 is 24.7 Å². The number of fused-ring (bicyclic) bond motifs is 1. The molecule has 0 radical (unpaired) electrons. The molecule has 1 aliphatic heterocycles. The first-order chi connectivity index (χ1) is 15.5. The van der Waals surface area contributed by atoms with Gasteiger partial charge in [0.2, 0.25) is 0 Å². The van der Waals surface area contributed by atoms with Gasteiger partial charge in [-0.05, 0) is 48.9 Å². The van der Waals surface area contributed by atoms with Gasteiger partial charge in [0, 0.05) is 47.7 Å². The molecule has 1 saturated heterocycles. The van der Waals surface area contributed by atoms with E-state index in [0.29, 0.717) is 30.2 Å². The number of morpholine rings is 1. The van der Waals surface area contributed by atoms with E-state index in [1.165, 1.54) is 6.07 Å². The molecule has 4 aromatic rings. The highest BCUT2D eigenvalue weighted by molar-refractivity contribution is 5.87. The van der Waals surface area contributed by atoms with Crippen LogP contribution in [0.3, 0.4) is 0 Å². The lowest BCUT2D eigenvalue weighted by Gasteiger charge is -2.29. The molecule has 1 aliphatic rings. The number of ether oxygens (including phenoxy) is 1. The van der Waals surface area contributed by atoms with Gasteiger partial charge in [-0.25, -0.2) is 4.79 Å². The van der Waals surface area contributed by atoms with E-state index in [-0.39, 0.29) is 11.4 Å². The second kappa shape index (κ2) is 7.97. The van der Waals surface area contributed by atoms with Crippen molar-refractivity contribution < 1.29 is 9.15 Å². The Morgan fingerprint density at radius 3 is 2.12 bits per heavy atom. The zero-order valence-corrected chi connectivity index (χ0v) is 17.4. The van der Waals surface area contributed by atoms with Crippen molar-refractivity contribution in [1.82, 2.24) is 0 Å². The van der Waals surface area contributed by atoms with Gasteiger partial charge in [0.05, 0.1) is 13.2 Å². The van der Waals surface area contributed by atoms with Crippen molar-refractivity contribution in [2.75, 3.05) is 41.8 Å². The summed E-state index contributed by atoms with van der Waals surface area (Å²) in [5.74, 6) is 0. The van der Waals surface area contributed by atoms with Gasteiger partial charge in [-0.15, -0.1) is 0 Å². The van der Waals surface area contributed by atoms with Gasteiger partial charge in [0.15, 0.2) is 0 Å². The van der Waals surface area contributed by atoms with E-state index in [0.717, 1.165) is 29.7 Å². The minimum Gasteiger partial charge on any atom is -0.423 e. The second-order valence-corrected chi connectivity index (χ2v) is 7.76. The number of rotatable bonds is 5. The highest BCUT2D eigenvalue weighted by Gasteiger charge is 2.22. The van der Waals surface area contributed by atoms with Crippen molar-refractivity contribution in [3.05, 3.63) is 85.0 Å². The summed E-state index contributed by atoms with van der Waals surface area (Å²) in [7, 11) is 0. The van der Waals surface area contributed by atoms with E-state index in [9.17, 15) is 14.4 Å². The predicted molar refractivity (Wildman–Crippen MR) is 125 cm³/mol. The predicted octanol–water partition coefficient (Wildman–Crippen LogP) is 3.02. The quantitative estimate of drug-likeness (QED) is 0.367. The molecule has 162 valence electrons. The third-order valence-electron chi connectivity index (χ3n) is 5.64. The number of hydrogen-bond donors (Lipinski definition) is 2. The molecular formula is C24H21N3O5. The molecule has 0 unspecified atom stereocenters. The molecule has 8 nitrogen and oxygen atoms in total. The Labute approximate surface area is 182 Å². The Hall–Kier alpha value is -3.91. The van der Waals surface area contributed by atoms with Crippen LogP contribution in [-0.4, -0.2) is 26.3 Å². The Morgan fingerprint density at radius 1 is 0.812 bits per heavy atom. The van der Waals surface area contributed by atoms with Crippen LogP contribution in [0.1, 0.15) is 5.56 Å². The standard InChI is InChI=1S/C24H21N3O5/c1-14-12-20(28)32-19-13-16(4-7-18(14)19)26-22-21(23(29)24(22)30)25-15-2-5-17(6-3-15)27-8-10-31-11-9-27/h2-7,12-13,25-26H,8-11H2,1H3. The van der Waals surface area contributed by atoms with Crippen molar-refractivity contribution in [2.45, 2.75) is 6.92 Å². The van der Waals surface area contributed by atoms with Gasteiger partial charge >= 0.3 is 5.63 Å². The smallest absolute Gasteiger partial charge is 0.336 e. The highest BCUT2D eigenvalue weighted by atomic mass is 16.5. The lowest BCUT2D eigenvalue weighted by atomic mass is 10.1. The molecular weight excluding hydrogens is 410 g/mol. The Morgan fingerprint density at radius 2 is 1.44 bits per heavy atom. The number of nitrogens with zero attached hydrogens (tertiary/aromatic N) is 1. The first kappa shape index (κ1) is 20.0. The summed E-state index contributed by atoms with van der Waals surface area (Å²) in [6, 6.07) is 14.3. The third kappa shape index (κ3) is 3.65. The molecule has 1 aromatic heterocycles. The van der Waals surface area contributed by atoms with Crippen LogP contribution in [0, 0.1) is 6.92 Å². The van der Waals surface area contributed by atoms with Crippen LogP contribution in [0.15, 0.2) is 67.3 Å². The van der Waals surface area contributed by atoms with E-state index in [2.05, 4.69) is 15.5 Å². The van der Waals surface area contributed by atoms with Gasteiger partial charge in [-0.1, -0.05) is 0 Å². The van der Waals surface area contributed by atoms with Crippen LogP contribution in [0.2, 0.25) is 0 Å². The van der Waals surface area contributed by atoms with E-state index in [1.54, 1.807) is 18.2 Å². The van der Waals surface area contributed by atoms with E-state index in [4.69, 9.17) is 9.15 Å². The largest absolute Gasteiger partial charge is 0.423 e. The number of benzene rings is 2. The maximum Gasteiger partial charge on any atom is 0.336 e. The van der Waals surface area contributed by atoms with Gasteiger partial charge in [0.25, 0.3) is 10.9 Å². The van der Waals surface area contributed by atoms with Crippen LogP contribution < -0.4 is 32.0 Å². The van der Waals surface area contributed by atoms with E-state index < -0.39 is 16.5 Å². The summed E-state index contributed by atoms with van der Waals surface area (Å²) < 4.78 is 10.6. The Kier molecular flexibility index (Phi) is 4.99. The fourth-order valence-corrected chi connectivity index (χ4v) is 3.90. The fourth-order valence-electron chi connectivity index (χ4n) is 3.90. The molecule has 3 aromatic carbocycles. The van der Waals surface area contributed by atoms with Crippen LogP contribution in [0.5, 0.6) is 0 Å². The molecule has 32 heavy (non-hydrogen) atoms. The molecule has 0 spiro atoms. The zero-order chi connectivity index (χ0) is 22.2. The zero-order valence-electron chi connectivity index (χ0n) is 17.4. The minimum atomic E-state index is -0.594. The number of hydrogen-bond acceptors (Lipinski definition) is 8. The maximum atomic E-state index is 12.2. The summed E-state index contributed by atoms with van der Waals surface area (Å²) in [6.07, 6.45) is 0. The number of aryl methyl sites for hydroxylation is 1. The summed E-state index contributed by atoms with van der Waals surface area (Å²) in [6.45, 7) is 4.91. The molecule has 0 bridgehead atoms. The van der Waals surface area contributed by atoms with Crippen LogP contribution in [0.4, 0.5) is 28.4 Å². The topological polar surface area (TPSA) is 101 Å². The van der Waals surface area contributed by atoms with E-state index in [1.807, 2.05) is 31.2 Å². The summed E-state index contributed by atoms with van der Waals surface area (Å²) >= 11 is 0. The Bertz CT molecular complexity index is 1430. The average Bonchev–Trinajstić information content (AvgIpc) is 2.81. The van der Waals surface area contributed by atoms with Crippen LogP contribution in [0.25, 0.3) is 11.0 Å². The fraction of sp³-hybridized carbons (Fsp3) is 0.208. The normalized spacial score (nSPS) is 14.1. The third-order valence-corrected chi connectivity index (χ3v) is 5.64. The van der Waals surface area contributed by atoms with Crippen molar-refractivity contribution in [2.24, 2.45) is 0 Å². The van der Waals surface area contributed by atoms with Crippen molar-refractivity contribution in [3.63, 3.8) is 0 Å². The van der Waals surface area contributed by atoms with E-state index >= 15 is 0 Å². The maximum absolute atomic E-state index is 12.2. The summed E-state index contributed by atoms with van der Waals surface area (Å²) in [5.41, 5.74) is 2.32. The number of anilines is 5. The molecule has 5 rings (SSSR count). The van der Waals surface area contributed by atoms with Crippen LogP contribution in [-0.2, 0) is 4.74 Å². The second-order valence-electron chi connectivity index (χ2n) is 7.76.